The predicted molar refractivity (Wildman–Crippen MR) is 99.6 cm³/mol. The van der Waals surface area contributed by atoms with Crippen LogP contribution >= 0.6 is 0 Å². The number of ether oxygens (including phenoxy) is 2. The van der Waals surface area contributed by atoms with E-state index in [2.05, 4.69) is 39.5 Å². The summed E-state index contributed by atoms with van der Waals surface area (Å²) in [5, 5.41) is 3.61. The van der Waals surface area contributed by atoms with Gasteiger partial charge in [0.1, 0.15) is 11.6 Å². The Balaban J connectivity index is 1.47. The van der Waals surface area contributed by atoms with E-state index in [4.69, 9.17) is 9.47 Å². The molecular weight excluding hydrogens is 314 g/mol. The van der Waals surface area contributed by atoms with Crippen molar-refractivity contribution in [3.63, 3.8) is 0 Å². The Morgan fingerprint density at radius 3 is 2.84 bits per heavy atom. The van der Waals surface area contributed by atoms with E-state index in [1.165, 1.54) is 23.2 Å². The molecule has 1 fully saturated rings. The lowest BCUT2D eigenvalue weighted by atomic mass is 9.87. The first-order valence-electron chi connectivity index (χ1n) is 9.05. The maximum atomic E-state index is 5.41. The zero-order valence-electron chi connectivity index (χ0n) is 14.7. The molecular formula is C20H25N3O2. The second-order valence-electron chi connectivity index (χ2n) is 6.65. The average Bonchev–Trinajstić information content (AvgIpc) is 2.69. The number of rotatable bonds is 4. The van der Waals surface area contributed by atoms with Crippen LogP contribution in [0.4, 0.5) is 11.5 Å². The van der Waals surface area contributed by atoms with Gasteiger partial charge in [0.25, 0.3) is 0 Å². The van der Waals surface area contributed by atoms with E-state index >= 15 is 0 Å². The summed E-state index contributed by atoms with van der Waals surface area (Å²) >= 11 is 0. The van der Waals surface area contributed by atoms with Crippen LogP contribution in [0.2, 0.25) is 0 Å². The largest absolute Gasteiger partial charge is 0.497 e. The molecule has 25 heavy (non-hydrogen) atoms. The SMILES string of the molecule is COc1ccc2c(c1)CCCC2Nc1ccc(N2CCOCC2)cn1. The van der Waals surface area contributed by atoms with Gasteiger partial charge in [-0.15, -0.1) is 0 Å². The lowest BCUT2D eigenvalue weighted by Crippen LogP contribution is -2.36. The molecule has 5 nitrogen and oxygen atoms in total. The van der Waals surface area contributed by atoms with Crippen LogP contribution in [0.1, 0.15) is 30.0 Å². The molecule has 0 spiro atoms. The van der Waals surface area contributed by atoms with E-state index in [1.54, 1.807) is 7.11 Å². The van der Waals surface area contributed by atoms with Gasteiger partial charge in [-0.3, -0.25) is 0 Å². The second kappa shape index (κ2) is 7.31. The monoisotopic (exact) mass is 339 g/mol. The molecule has 2 aliphatic rings. The summed E-state index contributed by atoms with van der Waals surface area (Å²) in [5.41, 5.74) is 3.92. The number of nitrogens with one attached hydrogen (secondary N) is 1. The summed E-state index contributed by atoms with van der Waals surface area (Å²) in [4.78, 5) is 6.96. The third-order valence-electron chi connectivity index (χ3n) is 5.11. The van der Waals surface area contributed by atoms with Crippen molar-refractivity contribution in [1.82, 2.24) is 4.98 Å². The highest BCUT2D eigenvalue weighted by atomic mass is 16.5. The third-order valence-corrected chi connectivity index (χ3v) is 5.11. The van der Waals surface area contributed by atoms with E-state index in [-0.39, 0.29) is 0 Å². The van der Waals surface area contributed by atoms with E-state index in [9.17, 15) is 0 Å². The first-order chi connectivity index (χ1) is 12.3. The minimum absolute atomic E-state index is 0.316. The summed E-state index contributed by atoms with van der Waals surface area (Å²) < 4.78 is 10.8. The zero-order chi connectivity index (χ0) is 17.1. The first-order valence-corrected chi connectivity index (χ1v) is 9.05. The molecule has 0 amide bonds. The number of anilines is 2. The van der Waals surface area contributed by atoms with Gasteiger partial charge >= 0.3 is 0 Å². The molecule has 132 valence electrons. The Bertz CT molecular complexity index is 711. The maximum absolute atomic E-state index is 5.41. The lowest BCUT2D eigenvalue weighted by Gasteiger charge is -2.29. The fraction of sp³-hybridized carbons (Fsp3) is 0.450. The normalized spacial score (nSPS) is 20.0. The molecule has 1 saturated heterocycles. The zero-order valence-corrected chi connectivity index (χ0v) is 14.7. The number of morpholine rings is 1. The Morgan fingerprint density at radius 2 is 2.08 bits per heavy atom. The van der Waals surface area contributed by atoms with Crippen molar-refractivity contribution in [2.45, 2.75) is 25.3 Å². The minimum atomic E-state index is 0.316. The molecule has 0 radical (unpaired) electrons. The number of benzene rings is 1. The highest BCUT2D eigenvalue weighted by molar-refractivity contribution is 5.51. The Kier molecular flexibility index (Phi) is 4.74. The Morgan fingerprint density at radius 1 is 1.20 bits per heavy atom. The van der Waals surface area contributed by atoms with E-state index < -0.39 is 0 Å². The topological polar surface area (TPSA) is 46.6 Å². The van der Waals surface area contributed by atoms with Gasteiger partial charge in [0.05, 0.1) is 38.2 Å². The van der Waals surface area contributed by atoms with Crippen LogP contribution in [0.15, 0.2) is 36.5 Å². The molecule has 1 aliphatic carbocycles. The maximum Gasteiger partial charge on any atom is 0.126 e. The smallest absolute Gasteiger partial charge is 0.126 e. The Labute approximate surface area is 149 Å². The van der Waals surface area contributed by atoms with Gasteiger partial charge in [-0.1, -0.05) is 6.07 Å². The van der Waals surface area contributed by atoms with Crippen molar-refractivity contribution in [2.75, 3.05) is 43.6 Å². The molecule has 1 aromatic heterocycles. The second-order valence-corrected chi connectivity index (χ2v) is 6.65. The molecule has 0 bridgehead atoms. The quantitative estimate of drug-likeness (QED) is 0.925. The number of aromatic nitrogens is 1. The predicted octanol–water partition coefficient (Wildman–Crippen LogP) is 3.42. The number of pyridine rings is 1. The summed E-state index contributed by atoms with van der Waals surface area (Å²) in [5.74, 6) is 1.87. The van der Waals surface area contributed by atoms with Crippen LogP contribution in [0, 0.1) is 0 Å². The van der Waals surface area contributed by atoms with Crippen molar-refractivity contribution in [3.8, 4) is 5.75 Å². The van der Waals surface area contributed by atoms with Crippen LogP contribution in [-0.2, 0) is 11.2 Å². The van der Waals surface area contributed by atoms with Crippen molar-refractivity contribution in [2.24, 2.45) is 0 Å². The summed E-state index contributed by atoms with van der Waals surface area (Å²) in [6, 6.07) is 11.0. The van der Waals surface area contributed by atoms with E-state index in [0.717, 1.165) is 50.7 Å². The molecule has 1 aromatic carbocycles. The molecule has 5 heteroatoms. The van der Waals surface area contributed by atoms with Crippen molar-refractivity contribution < 1.29 is 9.47 Å². The van der Waals surface area contributed by atoms with Gasteiger partial charge in [0.15, 0.2) is 0 Å². The highest BCUT2D eigenvalue weighted by Gasteiger charge is 2.21. The molecule has 2 aromatic rings. The molecule has 4 rings (SSSR count). The molecule has 1 aliphatic heterocycles. The number of methoxy groups -OCH3 is 1. The van der Waals surface area contributed by atoms with Gasteiger partial charge in [-0.05, 0) is 54.7 Å². The number of fused-ring (bicyclic) bond motifs is 1. The molecule has 1 atom stereocenters. The van der Waals surface area contributed by atoms with Crippen molar-refractivity contribution in [1.29, 1.82) is 0 Å². The van der Waals surface area contributed by atoms with Gasteiger partial charge in [0, 0.05) is 13.1 Å². The van der Waals surface area contributed by atoms with Gasteiger partial charge < -0.3 is 19.7 Å². The highest BCUT2D eigenvalue weighted by Crippen LogP contribution is 2.34. The number of hydrogen-bond donors (Lipinski definition) is 1. The summed E-state index contributed by atoms with van der Waals surface area (Å²) in [7, 11) is 1.72. The first kappa shape index (κ1) is 16.2. The average molecular weight is 339 g/mol. The van der Waals surface area contributed by atoms with E-state index in [0.29, 0.717) is 6.04 Å². The van der Waals surface area contributed by atoms with Crippen LogP contribution in [-0.4, -0.2) is 38.4 Å². The Hall–Kier alpha value is -2.27. The van der Waals surface area contributed by atoms with Crippen LogP contribution in [0.25, 0.3) is 0 Å². The fourth-order valence-electron chi connectivity index (χ4n) is 3.73. The number of aryl methyl sites for hydroxylation is 1. The van der Waals surface area contributed by atoms with Crippen molar-refractivity contribution in [3.05, 3.63) is 47.7 Å². The summed E-state index contributed by atoms with van der Waals surface area (Å²) in [6.45, 7) is 3.46. The number of nitrogens with zero attached hydrogens (tertiary/aromatic N) is 2. The standard InChI is InChI=1S/C20H25N3O2/c1-24-17-6-7-18-15(13-17)3-2-4-19(18)22-20-8-5-16(14-21-20)23-9-11-25-12-10-23/h5-8,13-14,19H,2-4,9-12H2,1H3,(H,21,22). The molecule has 2 heterocycles. The van der Waals surface area contributed by atoms with Crippen LogP contribution in [0.5, 0.6) is 5.75 Å². The molecule has 0 saturated carbocycles. The van der Waals surface area contributed by atoms with Gasteiger partial charge in [0.2, 0.25) is 0 Å². The fourth-order valence-corrected chi connectivity index (χ4v) is 3.73. The van der Waals surface area contributed by atoms with E-state index in [1.807, 2.05) is 12.3 Å². The van der Waals surface area contributed by atoms with Crippen LogP contribution in [0.3, 0.4) is 0 Å². The molecule has 1 N–H and O–H groups in total. The number of hydrogen-bond acceptors (Lipinski definition) is 5. The third kappa shape index (κ3) is 3.56. The van der Waals surface area contributed by atoms with Gasteiger partial charge in [-0.25, -0.2) is 4.98 Å². The van der Waals surface area contributed by atoms with Gasteiger partial charge in [-0.2, -0.15) is 0 Å². The van der Waals surface area contributed by atoms with Crippen molar-refractivity contribution >= 4 is 11.5 Å². The van der Waals surface area contributed by atoms with Crippen LogP contribution < -0.4 is 15.0 Å². The molecule has 1 unspecified atom stereocenters. The summed E-state index contributed by atoms with van der Waals surface area (Å²) in [6.07, 6.45) is 5.40. The minimum Gasteiger partial charge on any atom is -0.497 e. The lowest BCUT2D eigenvalue weighted by molar-refractivity contribution is 0.122.